The predicted molar refractivity (Wildman–Crippen MR) is 97.2 cm³/mol. The van der Waals surface area contributed by atoms with Crippen molar-refractivity contribution in [2.75, 3.05) is 0 Å². The summed E-state index contributed by atoms with van der Waals surface area (Å²) in [5.41, 5.74) is -2.30. The molecule has 3 rings (SSSR count). The molecule has 0 radical (unpaired) electrons. The molecule has 0 fully saturated rings. The van der Waals surface area contributed by atoms with Crippen LogP contribution >= 0.6 is 0 Å². The number of pyridine rings is 1. The summed E-state index contributed by atoms with van der Waals surface area (Å²) >= 11 is 0. The minimum Gasteiger partial charge on any atom is -0.508 e. The molecule has 0 bridgehead atoms. The summed E-state index contributed by atoms with van der Waals surface area (Å²) in [6.07, 6.45) is -1.16. The van der Waals surface area contributed by atoms with E-state index in [1.54, 1.807) is 24.5 Å². The molecule has 1 aromatic carbocycles. The summed E-state index contributed by atoms with van der Waals surface area (Å²) in [4.78, 5) is 3.97. The van der Waals surface area contributed by atoms with Crippen LogP contribution in [0.15, 0.2) is 42.2 Å². The van der Waals surface area contributed by atoms with Crippen LogP contribution in [0.4, 0.5) is 17.6 Å². The molecule has 0 unspecified atom stereocenters. The van der Waals surface area contributed by atoms with Gasteiger partial charge in [0.05, 0.1) is 0 Å². The molecule has 1 aliphatic carbocycles. The van der Waals surface area contributed by atoms with Gasteiger partial charge >= 0.3 is 6.18 Å². The molecule has 1 heterocycles. The van der Waals surface area contributed by atoms with E-state index in [0.29, 0.717) is 5.57 Å². The first-order valence-corrected chi connectivity index (χ1v) is 8.82. The number of hydrogen-bond donors (Lipinski definition) is 2. The number of phenols is 1. The topological polar surface area (TPSA) is 53.4 Å². The highest BCUT2D eigenvalue weighted by atomic mass is 19.4. The summed E-state index contributed by atoms with van der Waals surface area (Å²) in [6.45, 7) is 2.89. The van der Waals surface area contributed by atoms with Crippen LogP contribution < -0.4 is 0 Å². The lowest BCUT2D eigenvalue weighted by Crippen LogP contribution is -2.49. The minimum atomic E-state index is -4.90. The Hall–Kier alpha value is -2.41. The van der Waals surface area contributed by atoms with Crippen molar-refractivity contribution < 1.29 is 27.8 Å². The number of benzene rings is 1. The molecule has 2 N–H and O–H groups in total. The van der Waals surface area contributed by atoms with Crippen LogP contribution in [0.5, 0.6) is 5.75 Å². The zero-order valence-corrected chi connectivity index (χ0v) is 15.5. The second-order valence-corrected chi connectivity index (χ2v) is 7.98. The molecule has 0 saturated carbocycles. The average molecular weight is 395 g/mol. The van der Waals surface area contributed by atoms with E-state index < -0.39 is 35.9 Å². The first-order valence-electron chi connectivity index (χ1n) is 8.82. The van der Waals surface area contributed by atoms with Gasteiger partial charge in [-0.3, -0.25) is 4.98 Å². The van der Waals surface area contributed by atoms with E-state index in [2.05, 4.69) is 4.98 Å². The first-order chi connectivity index (χ1) is 12.9. The third-order valence-corrected chi connectivity index (χ3v) is 5.19. The maximum absolute atomic E-state index is 13.9. The zero-order valence-electron chi connectivity index (χ0n) is 15.5. The van der Waals surface area contributed by atoms with Gasteiger partial charge in [0, 0.05) is 24.4 Å². The third-order valence-electron chi connectivity index (χ3n) is 5.19. The molecule has 1 aromatic heterocycles. The number of hydrogen-bond acceptors (Lipinski definition) is 3. The van der Waals surface area contributed by atoms with Gasteiger partial charge in [0.25, 0.3) is 0 Å². The smallest absolute Gasteiger partial charge is 0.417 e. The lowest BCUT2D eigenvalue weighted by molar-refractivity contribution is -0.266. The fourth-order valence-corrected chi connectivity index (χ4v) is 3.87. The maximum Gasteiger partial charge on any atom is 0.417 e. The van der Waals surface area contributed by atoms with Gasteiger partial charge in [-0.05, 0) is 53.6 Å². The molecule has 150 valence electrons. The summed E-state index contributed by atoms with van der Waals surface area (Å²) in [5.74, 6) is -0.979. The van der Waals surface area contributed by atoms with Crippen LogP contribution in [-0.4, -0.2) is 27.0 Å². The van der Waals surface area contributed by atoms with Gasteiger partial charge in [-0.2, -0.15) is 13.2 Å². The number of alkyl halides is 3. The Labute approximate surface area is 160 Å². The second kappa shape index (κ2) is 6.88. The molecule has 0 spiro atoms. The molecule has 2 aromatic rings. The Morgan fingerprint density at radius 2 is 1.86 bits per heavy atom. The van der Waals surface area contributed by atoms with Crippen molar-refractivity contribution in [2.45, 2.75) is 50.3 Å². The van der Waals surface area contributed by atoms with Crippen LogP contribution in [0.2, 0.25) is 0 Å². The molecule has 0 aliphatic heterocycles. The van der Waals surface area contributed by atoms with E-state index in [-0.39, 0.29) is 17.7 Å². The number of halogens is 4. The van der Waals surface area contributed by atoms with Gasteiger partial charge in [0.1, 0.15) is 11.6 Å². The Morgan fingerprint density at radius 1 is 1.14 bits per heavy atom. The molecule has 1 aliphatic rings. The van der Waals surface area contributed by atoms with Crippen LogP contribution in [0.1, 0.15) is 43.4 Å². The van der Waals surface area contributed by atoms with E-state index in [0.717, 1.165) is 29.3 Å². The SMILES string of the molecule is CC(C)(C[C@@](O)(CC1=Cc2ccncc2C1)C(F)(F)F)c1cc(F)ccc1O. The number of aliphatic hydroxyl groups is 1. The molecule has 3 nitrogen and oxygen atoms in total. The van der Waals surface area contributed by atoms with Crippen molar-refractivity contribution in [3.63, 3.8) is 0 Å². The van der Waals surface area contributed by atoms with Gasteiger partial charge in [-0.1, -0.05) is 25.5 Å². The Morgan fingerprint density at radius 3 is 2.50 bits per heavy atom. The highest BCUT2D eigenvalue weighted by molar-refractivity contribution is 5.63. The molecule has 0 saturated heterocycles. The lowest BCUT2D eigenvalue weighted by Gasteiger charge is -2.38. The van der Waals surface area contributed by atoms with Gasteiger partial charge in [-0.25, -0.2) is 4.39 Å². The average Bonchev–Trinajstić information content (AvgIpc) is 2.97. The summed E-state index contributed by atoms with van der Waals surface area (Å²) in [5, 5.41) is 20.7. The van der Waals surface area contributed by atoms with E-state index in [1.807, 2.05) is 0 Å². The molecule has 7 heteroatoms. The van der Waals surface area contributed by atoms with Crippen LogP contribution in [-0.2, 0) is 11.8 Å². The summed E-state index contributed by atoms with van der Waals surface area (Å²) in [7, 11) is 0. The monoisotopic (exact) mass is 395 g/mol. The lowest BCUT2D eigenvalue weighted by atomic mass is 9.72. The number of nitrogens with zero attached hydrogens (tertiary/aromatic N) is 1. The van der Waals surface area contributed by atoms with E-state index >= 15 is 0 Å². The molecule has 0 amide bonds. The summed E-state index contributed by atoms with van der Waals surface area (Å²) in [6, 6.07) is 4.84. The highest BCUT2D eigenvalue weighted by Gasteiger charge is 2.56. The van der Waals surface area contributed by atoms with Gasteiger partial charge in [0.15, 0.2) is 5.60 Å². The highest BCUT2D eigenvalue weighted by Crippen LogP contribution is 2.47. The van der Waals surface area contributed by atoms with Gasteiger partial charge < -0.3 is 10.2 Å². The molecule has 1 atom stereocenters. The molecular formula is C21H21F4NO2. The Kier molecular flexibility index (Phi) is 5.00. The summed E-state index contributed by atoms with van der Waals surface area (Å²) < 4.78 is 55.3. The maximum atomic E-state index is 13.9. The van der Waals surface area contributed by atoms with E-state index in [9.17, 15) is 27.8 Å². The number of aromatic nitrogens is 1. The van der Waals surface area contributed by atoms with Gasteiger partial charge in [-0.15, -0.1) is 0 Å². The first kappa shape index (κ1) is 20.3. The standard InChI is InChI=1S/C21H21F4NO2/c1-19(2,17-9-16(22)3-4-18(17)27)12-20(28,21(23,24)25)10-13-7-14-5-6-26-11-15(14)8-13/h3-7,9,11,27-28H,8,10,12H2,1-2H3/t20-/m0/s1. The minimum absolute atomic E-state index is 0.0167. The number of fused-ring (bicyclic) bond motifs is 1. The zero-order chi connectivity index (χ0) is 20.7. The fraction of sp³-hybridized carbons (Fsp3) is 0.381. The largest absolute Gasteiger partial charge is 0.508 e. The van der Waals surface area contributed by atoms with Gasteiger partial charge in [0.2, 0.25) is 0 Å². The number of aromatic hydroxyl groups is 1. The van der Waals surface area contributed by atoms with E-state index in [4.69, 9.17) is 0 Å². The fourth-order valence-electron chi connectivity index (χ4n) is 3.87. The molecule has 28 heavy (non-hydrogen) atoms. The van der Waals surface area contributed by atoms with Crippen LogP contribution in [0, 0.1) is 5.82 Å². The second-order valence-electron chi connectivity index (χ2n) is 7.98. The van der Waals surface area contributed by atoms with E-state index in [1.165, 1.54) is 13.8 Å². The van der Waals surface area contributed by atoms with Crippen molar-refractivity contribution in [1.29, 1.82) is 0 Å². The van der Waals surface area contributed by atoms with Crippen molar-refractivity contribution in [1.82, 2.24) is 4.98 Å². The van der Waals surface area contributed by atoms with Crippen molar-refractivity contribution in [3.8, 4) is 5.75 Å². The van der Waals surface area contributed by atoms with Crippen molar-refractivity contribution in [3.05, 3.63) is 64.7 Å². The van der Waals surface area contributed by atoms with Crippen molar-refractivity contribution >= 4 is 6.08 Å². The quantitative estimate of drug-likeness (QED) is 0.707. The third kappa shape index (κ3) is 3.90. The van der Waals surface area contributed by atoms with Crippen molar-refractivity contribution in [2.24, 2.45) is 0 Å². The Bertz CT molecular complexity index is 921. The normalized spacial score (nSPS) is 16.5. The van der Waals surface area contributed by atoms with Crippen LogP contribution in [0.3, 0.4) is 0 Å². The number of phenolic OH excluding ortho intramolecular Hbond substituents is 1. The molecular weight excluding hydrogens is 374 g/mol. The van der Waals surface area contributed by atoms with Crippen LogP contribution in [0.25, 0.3) is 6.08 Å². The predicted octanol–water partition coefficient (Wildman–Crippen LogP) is 4.92. The Balaban J connectivity index is 1.91. The number of rotatable bonds is 5.